The zero-order valence-corrected chi connectivity index (χ0v) is 13.4. The Labute approximate surface area is 127 Å². The summed E-state index contributed by atoms with van der Waals surface area (Å²) in [6.45, 7) is 4.28. The quantitative estimate of drug-likeness (QED) is 0.709. The van der Waals surface area contributed by atoms with Crippen molar-refractivity contribution in [2.45, 2.75) is 32.7 Å². The predicted molar refractivity (Wildman–Crippen MR) is 78.1 cm³/mol. The molecule has 0 amide bonds. The lowest BCUT2D eigenvalue weighted by Crippen LogP contribution is -2.94. The molecular weight excluding hydrogens is 322 g/mol. The van der Waals surface area contributed by atoms with Crippen LogP contribution < -0.4 is 10.4 Å². The first-order chi connectivity index (χ1) is 9.45. The molecule has 1 aromatic carbocycles. The highest BCUT2D eigenvalue weighted by Gasteiger charge is 2.20. The van der Waals surface area contributed by atoms with E-state index in [-0.39, 0.29) is 11.7 Å². The van der Waals surface area contributed by atoms with E-state index < -0.39 is 12.0 Å². The number of Topliss-reactive ketones (excluding diaryl/α,β-unsaturated/α-hetero) is 1. The average molecular weight is 342 g/mol. The fraction of sp³-hybridized carbons (Fsp3) is 0.467. The molecule has 0 heterocycles. The number of rotatable bonds is 8. The Morgan fingerprint density at radius 3 is 2.40 bits per heavy atom. The first-order valence-corrected chi connectivity index (χ1v) is 7.58. The molecule has 0 aliphatic heterocycles. The first kappa shape index (κ1) is 16.9. The minimum atomic E-state index is -1.06. The molecule has 0 aromatic heterocycles. The number of hydrogen-bond acceptors (Lipinski definition) is 3. The largest absolute Gasteiger partial charge is 0.544 e. The van der Waals surface area contributed by atoms with Gasteiger partial charge in [-0.1, -0.05) is 41.9 Å². The Morgan fingerprint density at radius 1 is 1.30 bits per heavy atom. The third-order valence-corrected chi connectivity index (χ3v) is 4.02. The number of carbonyl (C=O) groups excluding carboxylic acids is 2. The van der Waals surface area contributed by atoms with Gasteiger partial charge in [0.1, 0.15) is 6.04 Å². The Kier molecular flexibility index (Phi) is 6.88. The number of quaternary nitrogens is 1. The van der Waals surface area contributed by atoms with E-state index in [1.165, 1.54) is 0 Å². The van der Waals surface area contributed by atoms with E-state index in [0.717, 1.165) is 10.9 Å². The van der Waals surface area contributed by atoms with E-state index in [4.69, 9.17) is 0 Å². The number of carbonyl (C=O) groups is 2. The molecule has 0 fully saturated rings. The van der Waals surface area contributed by atoms with Crippen LogP contribution in [0.4, 0.5) is 0 Å². The fourth-order valence-corrected chi connectivity index (χ4v) is 2.25. The summed E-state index contributed by atoms with van der Waals surface area (Å²) >= 11 is 3.32. The number of ketones is 1. The molecule has 0 spiro atoms. The summed E-state index contributed by atoms with van der Waals surface area (Å²) in [6.07, 6.45) is 1.09. The van der Waals surface area contributed by atoms with Crippen molar-refractivity contribution in [3.8, 4) is 0 Å². The van der Waals surface area contributed by atoms with E-state index in [2.05, 4.69) is 15.9 Å². The van der Waals surface area contributed by atoms with Gasteiger partial charge in [0, 0.05) is 16.0 Å². The Balaban J connectivity index is 2.48. The van der Waals surface area contributed by atoms with Crippen LogP contribution in [0.25, 0.3) is 0 Å². The van der Waals surface area contributed by atoms with Crippen LogP contribution in [0.3, 0.4) is 0 Å². The van der Waals surface area contributed by atoms with Crippen LogP contribution in [-0.2, 0) is 4.79 Å². The van der Waals surface area contributed by atoms with Gasteiger partial charge in [-0.25, -0.2) is 0 Å². The molecule has 2 N–H and O–H groups in total. The van der Waals surface area contributed by atoms with Crippen LogP contribution >= 0.6 is 15.9 Å². The molecule has 0 saturated heterocycles. The highest BCUT2D eigenvalue weighted by molar-refractivity contribution is 9.10. The number of nitrogens with two attached hydrogens (primary N) is 1. The minimum absolute atomic E-state index is 0.0231. The van der Waals surface area contributed by atoms with Gasteiger partial charge in [-0.05, 0) is 18.6 Å². The lowest BCUT2D eigenvalue weighted by molar-refractivity contribution is -0.688. The van der Waals surface area contributed by atoms with E-state index in [0.29, 0.717) is 18.5 Å². The number of aliphatic carboxylic acids is 1. The van der Waals surface area contributed by atoms with Gasteiger partial charge in [-0.3, -0.25) is 4.79 Å². The van der Waals surface area contributed by atoms with Crippen molar-refractivity contribution >= 4 is 27.7 Å². The molecule has 1 aromatic rings. The van der Waals surface area contributed by atoms with Crippen LogP contribution in [0, 0.1) is 5.92 Å². The zero-order valence-electron chi connectivity index (χ0n) is 11.8. The summed E-state index contributed by atoms with van der Waals surface area (Å²) in [5.41, 5.74) is 0.648. The monoisotopic (exact) mass is 341 g/mol. The zero-order chi connectivity index (χ0) is 15.1. The third kappa shape index (κ3) is 5.06. The van der Waals surface area contributed by atoms with E-state index in [9.17, 15) is 14.7 Å². The van der Waals surface area contributed by atoms with Crippen molar-refractivity contribution in [2.24, 2.45) is 5.92 Å². The Hall–Kier alpha value is -1.20. The SMILES string of the molecule is CC[C@H](C)[C@@H]([NH2+]CCC(=O)c1ccc(Br)cc1)C(=O)[O-]. The molecule has 110 valence electrons. The maximum atomic E-state index is 11.9. The fourth-order valence-electron chi connectivity index (χ4n) is 1.99. The van der Waals surface area contributed by atoms with Gasteiger partial charge in [0.2, 0.25) is 0 Å². The molecule has 1 rings (SSSR count). The van der Waals surface area contributed by atoms with E-state index in [1.54, 1.807) is 17.4 Å². The second kappa shape index (κ2) is 8.17. The maximum absolute atomic E-state index is 11.9. The summed E-state index contributed by atoms with van der Waals surface area (Å²) in [5.74, 6) is -1.01. The molecule has 0 saturated carbocycles. The minimum Gasteiger partial charge on any atom is -0.544 e. The molecule has 0 bridgehead atoms. The van der Waals surface area contributed by atoms with Gasteiger partial charge in [0.25, 0.3) is 0 Å². The number of benzene rings is 1. The molecule has 2 atom stereocenters. The van der Waals surface area contributed by atoms with Gasteiger partial charge >= 0.3 is 0 Å². The van der Waals surface area contributed by atoms with Crippen molar-refractivity contribution in [2.75, 3.05) is 6.54 Å². The molecule has 0 aliphatic rings. The van der Waals surface area contributed by atoms with Crippen molar-refractivity contribution in [3.63, 3.8) is 0 Å². The maximum Gasteiger partial charge on any atom is 0.168 e. The van der Waals surface area contributed by atoms with Crippen LogP contribution in [0.5, 0.6) is 0 Å². The van der Waals surface area contributed by atoms with Crippen molar-refractivity contribution < 1.29 is 20.0 Å². The molecule has 0 unspecified atom stereocenters. The smallest absolute Gasteiger partial charge is 0.168 e. The summed E-state index contributed by atoms with van der Waals surface area (Å²) in [4.78, 5) is 23.0. The average Bonchev–Trinajstić information content (AvgIpc) is 2.43. The van der Waals surface area contributed by atoms with E-state index in [1.807, 2.05) is 26.0 Å². The summed E-state index contributed by atoms with van der Waals surface area (Å²) in [6, 6.07) is 6.58. The molecular formula is C15H20BrNO3. The van der Waals surface area contributed by atoms with E-state index >= 15 is 0 Å². The van der Waals surface area contributed by atoms with Gasteiger partial charge in [-0.2, -0.15) is 0 Å². The van der Waals surface area contributed by atoms with Crippen LogP contribution in [0.1, 0.15) is 37.0 Å². The lowest BCUT2D eigenvalue weighted by atomic mass is 9.99. The molecule has 0 aliphatic carbocycles. The van der Waals surface area contributed by atoms with Crippen LogP contribution in [0.15, 0.2) is 28.7 Å². The highest BCUT2D eigenvalue weighted by atomic mass is 79.9. The van der Waals surface area contributed by atoms with Crippen molar-refractivity contribution in [1.82, 2.24) is 0 Å². The van der Waals surface area contributed by atoms with Crippen molar-refractivity contribution in [3.05, 3.63) is 34.3 Å². The molecule has 20 heavy (non-hydrogen) atoms. The first-order valence-electron chi connectivity index (χ1n) is 6.78. The second-order valence-corrected chi connectivity index (χ2v) is 5.85. The van der Waals surface area contributed by atoms with Crippen LogP contribution in [0.2, 0.25) is 0 Å². The molecule has 0 radical (unpaired) electrons. The van der Waals surface area contributed by atoms with Gasteiger partial charge < -0.3 is 15.2 Å². The lowest BCUT2D eigenvalue weighted by Gasteiger charge is -2.21. The summed E-state index contributed by atoms with van der Waals surface area (Å²) in [7, 11) is 0. The Morgan fingerprint density at radius 2 is 1.90 bits per heavy atom. The molecule has 4 nitrogen and oxygen atoms in total. The van der Waals surface area contributed by atoms with Gasteiger partial charge in [0.05, 0.1) is 18.9 Å². The number of hydrogen-bond donors (Lipinski definition) is 1. The second-order valence-electron chi connectivity index (χ2n) is 4.93. The number of halogens is 1. The standard InChI is InChI=1S/C15H20BrNO3/c1-3-10(2)14(15(19)20)17-9-8-13(18)11-4-6-12(16)7-5-11/h4-7,10,14,17H,3,8-9H2,1-2H3,(H,19,20)/t10-,14+/m0/s1. The normalized spacial score (nSPS) is 13.8. The Bertz CT molecular complexity index is 459. The summed E-state index contributed by atoms with van der Waals surface area (Å²) in [5, 5.41) is 12.7. The van der Waals surface area contributed by atoms with Gasteiger partial charge in [-0.15, -0.1) is 0 Å². The van der Waals surface area contributed by atoms with Gasteiger partial charge in [0.15, 0.2) is 5.78 Å². The number of carboxylic acids is 1. The third-order valence-electron chi connectivity index (χ3n) is 3.49. The predicted octanol–water partition coefficient (Wildman–Crippen LogP) is 0.750. The molecule has 5 heteroatoms. The summed E-state index contributed by atoms with van der Waals surface area (Å²) < 4.78 is 0.925. The highest BCUT2D eigenvalue weighted by Crippen LogP contribution is 2.11. The number of carboxylic acid groups (broad SMARTS) is 1. The van der Waals surface area contributed by atoms with Crippen LogP contribution in [-0.4, -0.2) is 24.3 Å². The topological polar surface area (TPSA) is 73.8 Å². The van der Waals surface area contributed by atoms with Crippen molar-refractivity contribution in [1.29, 1.82) is 0 Å².